The molecule has 1 unspecified atom stereocenters. The lowest BCUT2D eigenvalue weighted by atomic mass is 10.0. The summed E-state index contributed by atoms with van der Waals surface area (Å²) >= 11 is 0. The molecule has 1 fully saturated rings. The number of amides is 1. The zero-order valence-corrected chi connectivity index (χ0v) is 16.4. The Bertz CT molecular complexity index is 831. The van der Waals surface area contributed by atoms with E-state index < -0.39 is 0 Å². The predicted octanol–water partition coefficient (Wildman–Crippen LogP) is 4.30. The number of benzene rings is 2. The van der Waals surface area contributed by atoms with E-state index in [-0.39, 0.29) is 17.8 Å². The molecule has 4 rings (SSSR count). The van der Waals surface area contributed by atoms with Gasteiger partial charge in [-0.1, -0.05) is 18.2 Å². The van der Waals surface area contributed by atoms with E-state index in [2.05, 4.69) is 17.0 Å². The van der Waals surface area contributed by atoms with E-state index >= 15 is 0 Å². The van der Waals surface area contributed by atoms with Crippen LogP contribution in [-0.4, -0.2) is 36.5 Å². The summed E-state index contributed by atoms with van der Waals surface area (Å²) in [6.07, 6.45) is 3.83. The first kappa shape index (κ1) is 18.8. The molecule has 2 aliphatic rings. The lowest BCUT2D eigenvalue weighted by Crippen LogP contribution is -2.47. The zero-order chi connectivity index (χ0) is 19.5. The van der Waals surface area contributed by atoms with Crippen LogP contribution in [0.1, 0.15) is 36.8 Å². The standard InChI is InChI=1S/C23H27FN2O2/c1-17-5-10-21-22(13-17)28-16-20(14-23(27)25-11-3-2-4-12-25)26(21)15-18-6-8-19(24)9-7-18/h5-10,13,20H,2-4,11-12,14-16H2,1H3. The lowest BCUT2D eigenvalue weighted by Gasteiger charge is -2.39. The van der Waals surface area contributed by atoms with E-state index in [0.717, 1.165) is 48.5 Å². The number of nitrogens with zero attached hydrogens (tertiary/aromatic N) is 2. The number of likely N-dealkylation sites (tertiary alicyclic amines) is 1. The second-order valence-electron chi connectivity index (χ2n) is 7.84. The Balaban J connectivity index is 1.57. The van der Waals surface area contributed by atoms with Crippen LogP contribution in [0.2, 0.25) is 0 Å². The number of hydrogen-bond acceptors (Lipinski definition) is 3. The van der Waals surface area contributed by atoms with E-state index in [1.807, 2.05) is 30.0 Å². The van der Waals surface area contributed by atoms with Crippen molar-refractivity contribution in [3.8, 4) is 5.75 Å². The van der Waals surface area contributed by atoms with Crippen LogP contribution in [0.25, 0.3) is 0 Å². The van der Waals surface area contributed by atoms with E-state index in [1.165, 1.54) is 18.6 Å². The van der Waals surface area contributed by atoms with Crippen LogP contribution < -0.4 is 9.64 Å². The topological polar surface area (TPSA) is 32.8 Å². The number of anilines is 1. The highest BCUT2D eigenvalue weighted by atomic mass is 19.1. The first-order valence-electron chi connectivity index (χ1n) is 10.1. The van der Waals surface area contributed by atoms with Gasteiger partial charge in [-0.2, -0.15) is 0 Å². The summed E-state index contributed by atoms with van der Waals surface area (Å²) in [7, 11) is 0. The maximum Gasteiger partial charge on any atom is 0.224 e. The summed E-state index contributed by atoms with van der Waals surface area (Å²) < 4.78 is 19.3. The number of carbonyl (C=O) groups excluding carboxylic acids is 1. The van der Waals surface area contributed by atoms with Gasteiger partial charge in [0, 0.05) is 19.6 Å². The number of carbonyl (C=O) groups is 1. The SMILES string of the molecule is Cc1ccc2c(c1)OCC(CC(=O)N1CCCCC1)N2Cc1ccc(F)cc1. The summed E-state index contributed by atoms with van der Waals surface area (Å²) in [6, 6.07) is 12.7. The average Bonchev–Trinajstić information content (AvgIpc) is 2.71. The molecule has 5 heteroatoms. The fourth-order valence-electron chi connectivity index (χ4n) is 4.09. The van der Waals surface area contributed by atoms with Crippen molar-refractivity contribution < 1.29 is 13.9 Å². The summed E-state index contributed by atoms with van der Waals surface area (Å²) in [5, 5.41) is 0. The molecular weight excluding hydrogens is 355 g/mol. The number of aryl methyl sites for hydroxylation is 1. The van der Waals surface area contributed by atoms with E-state index in [4.69, 9.17) is 4.74 Å². The van der Waals surface area contributed by atoms with E-state index in [9.17, 15) is 9.18 Å². The molecule has 2 heterocycles. The second kappa shape index (κ2) is 8.21. The molecule has 0 aliphatic carbocycles. The van der Waals surface area contributed by atoms with Crippen LogP contribution in [0, 0.1) is 12.7 Å². The largest absolute Gasteiger partial charge is 0.489 e. The molecule has 1 amide bonds. The Morgan fingerprint density at radius 1 is 1.11 bits per heavy atom. The molecule has 0 saturated carbocycles. The van der Waals surface area contributed by atoms with Crippen molar-refractivity contribution in [1.29, 1.82) is 0 Å². The maximum atomic E-state index is 13.3. The van der Waals surface area contributed by atoms with E-state index in [1.54, 1.807) is 0 Å². The highest BCUT2D eigenvalue weighted by Crippen LogP contribution is 2.36. The van der Waals surface area contributed by atoms with Gasteiger partial charge in [0.15, 0.2) is 0 Å². The van der Waals surface area contributed by atoms with E-state index in [0.29, 0.717) is 19.6 Å². The van der Waals surface area contributed by atoms with Crippen LogP contribution in [-0.2, 0) is 11.3 Å². The van der Waals surface area contributed by atoms with Crippen LogP contribution >= 0.6 is 0 Å². The molecule has 2 aliphatic heterocycles. The molecule has 0 aromatic heterocycles. The van der Waals surface area contributed by atoms with Gasteiger partial charge in [-0.15, -0.1) is 0 Å². The van der Waals surface area contributed by atoms with Crippen molar-refractivity contribution in [1.82, 2.24) is 4.90 Å². The van der Waals surface area contributed by atoms with Gasteiger partial charge in [0.05, 0.1) is 18.2 Å². The Morgan fingerprint density at radius 3 is 2.61 bits per heavy atom. The van der Waals surface area contributed by atoms with Crippen molar-refractivity contribution in [3.05, 3.63) is 59.4 Å². The molecule has 0 radical (unpaired) electrons. The first-order valence-corrected chi connectivity index (χ1v) is 10.1. The predicted molar refractivity (Wildman–Crippen MR) is 108 cm³/mol. The van der Waals surface area contributed by atoms with Crippen molar-refractivity contribution in [2.45, 2.75) is 45.2 Å². The molecule has 148 valence electrons. The highest BCUT2D eigenvalue weighted by Gasteiger charge is 2.31. The monoisotopic (exact) mass is 382 g/mol. The van der Waals surface area contributed by atoms with Gasteiger partial charge in [-0.3, -0.25) is 4.79 Å². The molecule has 2 aromatic rings. The van der Waals surface area contributed by atoms with Gasteiger partial charge in [0.2, 0.25) is 5.91 Å². The van der Waals surface area contributed by atoms with Crippen molar-refractivity contribution in [3.63, 3.8) is 0 Å². The van der Waals surface area contributed by atoms with Crippen LogP contribution in [0.4, 0.5) is 10.1 Å². The average molecular weight is 382 g/mol. The summed E-state index contributed by atoms with van der Waals surface area (Å²) in [4.78, 5) is 17.1. The molecule has 28 heavy (non-hydrogen) atoms. The maximum absolute atomic E-state index is 13.3. The number of rotatable bonds is 4. The lowest BCUT2D eigenvalue weighted by molar-refractivity contribution is -0.132. The fraction of sp³-hybridized carbons (Fsp3) is 0.435. The van der Waals surface area contributed by atoms with Gasteiger partial charge < -0.3 is 14.5 Å². The van der Waals surface area contributed by atoms with Crippen molar-refractivity contribution in [2.75, 3.05) is 24.6 Å². The Hall–Kier alpha value is -2.56. The number of piperidine rings is 1. The highest BCUT2D eigenvalue weighted by molar-refractivity contribution is 5.78. The number of ether oxygens (including phenoxy) is 1. The van der Waals surface area contributed by atoms with Gasteiger partial charge in [-0.05, 0) is 61.6 Å². The molecule has 2 aromatic carbocycles. The van der Waals surface area contributed by atoms with Crippen LogP contribution in [0.3, 0.4) is 0 Å². The molecular formula is C23H27FN2O2. The third kappa shape index (κ3) is 4.13. The minimum Gasteiger partial charge on any atom is -0.489 e. The molecule has 0 N–H and O–H groups in total. The third-order valence-corrected chi connectivity index (χ3v) is 5.68. The molecule has 1 saturated heterocycles. The first-order chi connectivity index (χ1) is 13.6. The van der Waals surface area contributed by atoms with Gasteiger partial charge in [0.1, 0.15) is 18.2 Å². The summed E-state index contributed by atoms with van der Waals surface area (Å²) in [5.74, 6) is 0.815. The number of halogens is 1. The fourth-order valence-corrected chi connectivity index (χ4v) is 4.09. The van der Waals surface area contributed by atoms with Crippen molar-refractivity contribution in [2.24, 2.45) is 0 Å². The minimum atomic E-state index is -0.237. The molecule has 0 spiro atoms. The van der Waals surface area contributed by atoms with Gasteiger partial charge in [-0.25, -0.2) is 4.39 Å². The Morgan fingerprint density at radius 2 is 1.86 bits per heavy atom. The number of fused-ring (bicyclic) bond motifs is 1. The van der Waals surface area contributed by atoms with Crippen LogP contribution in [0.15, 0.2) is 42.5 Å². The van der Waals surface area contributed by atoms with Crippen LogP contribution in [0.5, 0.6) is 5.75 Å². The normalized spacial score (nSPS) is 19.1. The Kier molecular flexibility index (Phi) is 5.51. The Labute approximate surface area is 165 Å². The summed E-state index contributed by atoms with van der Waals surface area (Å²) in [5.41, 5.74) is 3.16. The minimum absolute atomic E-state index is 0.0327. The molecule has 0 bridgehead atoms. The smallest absolute Gasteiger partial charge is 0.224 e. The molecule has 1 atom stereocenters. The van der Waals surface area contributed by atoms with Gasteiger partial charge in [0.25, 0.3) is 0 Å². The second-order valence-corrected chi connectivity index (χ2v) is 7.84. The zero-order valence-electron chi connectivity index (χ0n) is 16.4. The number of hydrogen-bond donors (Lipinski definition) is 0. The van der Waals surface area contributed by atoms with Crippen molar-refractivity contribution >= 4 is 11.6 Å². The third-order valence-electron chi connectivity index (χ3n) is 5.68. The quantitative estimate of drug-likeness (QED) is 0.790. The van der Waals surface area contributed by atoms with Gasteiger partial charge >= 0.3 is 0 Å². The summed E-state index contributed by atoms with van der Waals surface area (Å²) in [6.45, 7) is 4.87. The molecule has 4 nitrogen and oxygen atoms in total.